The normalized spacial score (nSPS) is 10.6. The van der Waals surface area contributed by atoms with E-state index >= 15 is 0 Å². The minimum absolute atomic E-state index is 0.496. The molecule has 0 atom stereocenters. The maximum atomic E-state index is 5.74. The fourth-order valence-electron chi connectivity index (χ4n) is 1.55. The first-order valence-corrected chi connectivity index (χ1v) is 4.89. The van der Waals surface area contributed by atoms with E-state index in [0.29, 0.717) is 17.3 Å². The maximum absolute atomic E-state index is 5.74. The smallest absolute Gasteiger partial charge is 0.204 e. The van der Waals surface area contributed by atoms with Gasteiger partial charge in [-0.3, -0.25) is 0 Å². The fraction of sp³-hybridized carbons (Fsp3) is 0. The van der Waals surface area contributed by atoms with E-state index < -0.39 is 0 Å². The summed E-state index contributed by atoms with van der Waals surface area (Å²) in [5, 5.41) is 17.4. The summed E-state index contributed by atoms with van der Waals surface area (Å²) in [6, 6.07) is 7.48. The van der Waals surface area contributed by atoms with Gasteiger partial charge in [-0.15, -0.1) is 10.2 Å². The van der Waals surface area contributed by atoms with Gasteiger partial charge >= 0.3 is 0 Å². The molecule has 7 nitrogen and oxygen atoms in total. The number of hydrogen-bond donors (Lipinski definition) is 2. The van der Waals surface area contributed by atoms with Crippen molar-refractivity contribution in [3.8, 4) is 22.7 Å². The summed E-state index contributed by atoms with van der Waals surface area (Å²) in [5.74, 6) is 1.06. The molecule has 0 aliphatic rings. The third-order valence-corrected chi connectivity index (χ3v) is 2.33. The predicted molar refractivity (Wildman–Crippen MR) is 59.5 cm³/mol. The quantitative estimate of drug-likeness (QED) is 0.680. The first kappa shape index (κ1) is 9.52. The lowest BCUT2D eigenvalue weighted by molar-refractivity contribution is 0.432. The summed E-state index contributed by atoms with van der Waals surface area (Å²) in [7, 11) is 0. The van der Waals surface area contributed by atoms with Gasteiger partial charge in [-0.1, -0.05) is 23.4 Å². The summed E-state index contributed by atoms with van der Waals surface area (Å²) in [4.78, 5) is 0. The molecule has 7 heteroatoms. The highest BCUT2D eigenvalue weighted by Crippen LogP contribution is 2.27. The molecule has 0 aliphatic carbocycles. The SMILES string of the molecule is Nc1cnoc1-c1cccc(-c2nn[nH]n2)c1. The molecular weight excluding hydrogens is 220 g/mol. The molecule has 0 unspecified atom stereocenters. The van der Waals surface area contributed by atoms with Crippen molar-refractivity contribution in [3.63, 3.8) is 0 Å². The fourth-order valence-corrected chi connectivity index (χ4v) is 1.55. The predicted octanol–water partition coefficient (Wildman–Crippen LogP) is 1.10. The molecule has 84 valence electrons. The largest absolute Gasteiger partial charge is 0.394 e. The molecule has 0 spiro atoms. The molecular formula is C10H8N6O. The first-order valence-electron chi connectivity index (χ1n) is 4.89. The van der Waals surface area contributed by atoms with Crippen LogP contribution in [0.5, 0.6) is 0 Å². The molecule has 0 bridgehead atoms. The molecule has 17 heavy (non-hydrogen) atoms. The number of H-pyrrole nitrogens is 1. The van der Waals surface area contributed by atoms with Gasteiger partial charge in [0.15, 0.2) is 5.76 Å². The number of aromatic nitrogens is 5. The van der Waals surface area contributed by atoms with Crippen LogP contribution < -0.4 is 5.73 Å². The van der Waals surface area contributed by atoms with E-state index in [0.717, 1.165) is 11.1 Å². The lowest BCUT2D eigenvalue weighted by Crippen LogP contribution is -1.86. The van der Waals surface area contributed by atoms with Gasteiger partial charge in [0.05, 0.1) is 6.20 Å². The lowest BCUT2D eigenvalue weighted by atomic mass is 10.1. The number of tetrazole rings is 1. The molecule has 0 aliphatic heterocycles. The van der Waals surface area contributed by atoms with Crippen LogP contribution in [-0.2, 0) is 0 Å². The number of nitrogens with zero attached hydrogens (tertiary/aromatic N) is 4. The van der Waals surface area contributed by atoms with E-state index in [1.165, 1.54) is 6.20 Å². The second kappa shape index (κ2) is 3.71. The second-order valence-electron chi connectivity index (χ2n) is 3.43. The third-order valence-electron chi connectivity index (χ3n) is 2.33. The summed E-state index contributed by atoms with van der Waals surface area (Å²) in [6.45, 7) is 0. The third kappa shape index (κ3) is 1.63. The zero-order valence-corrected chi connectivity index (χ0v) is 8.66. The number of hydrogen-bond acceptors (Lipinski definition) is 6. The van der Waals surface area contributed by atoms with Crippen molar-refractivity contribution in [1.29, 1.82) is 0 Å². The van der Waals surface area contributed by atoms with E-state index in [1.54, 1.807) is 0 Å². The Morgan fingerprint density at radius 3 is 2.82 bits per heavy atom. The van der Waals surface area contributed by atoms with Crippen LogP contribution in [0.1, 0.15) is 0 Å². The number of rotatable bonds is 2. The van der Waals surface area contributed by atoms with Crippen molar-refractivity contribution < 1.29 is 4.52 Å². The van der Waals surface area contributed by atoms with Gasteiger partial charge in [-0.05, 0) is 11.3 Å². The molecule has 2 heterocycles. The van der Waals surface area contributed by atoms with Crippen LogP contribution in [0.15, 0.2) is 35.0 Å². The van der Waals surface area contributed by atoms with Gasteiger partial charge in [0, 0.05) is 11.1 Å². The zero-order valence-electron chi connectivity index (χ0n) is 8.66. The number of nitrogens with one attached hydrogen (secondary N) is 1. The van der Waals surface area contributed by atoms with Gasteiger partial charge in [0.2, 0.25) is 5.82 Å². The van der Waals surface area contributed by atoms with Gasteiger partial charge < -0.3 is 10.3 Å². The average molecular weight is 228 g/mol. The summed E-state index contributed by atoms with van der Waals surface area (Å²) < 4.78 is 5.08. The van der Waals surface area contributed by atoms with Crippen molar-refractivity contribution >= 4 is 5.69 Å². The number of nitrogen functional groups attached to an aromatic ring is 1. The Kier molecular flexibility index (Phi) is 2.08. The lowest BCUT2D eigenvalue weighted by Gasteiger charge is -1.99. The van der Waals surface area contributed by atoms with Crippen LogP contribution in [0.4, 0.5) is 5.69 Å². The monoisotopic (exact) mass is 228 g/mol. The van der Waals surface area contributed by atoms with Crippen LogP contribution >= 0.6 is 0 Å². The molecule has 3 N–H and O–H groups in total. The van der Waals surface area contributed by atoms with E-state index in [2.05, 4.69) is 25.8 Å². The van der Waals surface area contributed by atoms with Crippen LogP contribution in [-0.4, -0.2) is 25.8 Å². The first-order chi connectivity index (χ1) is 8.34. The van der Waals surface area contributed by atoms with E-state index in [-0.39, 0.29) is 0 Å². The average Bonchev–Trinajstić information content (AvgIpc) is 2.99. The summed E-state index contributed by atoms with van der Waals surface area (Å²) >= 11 is 0. The molecule has 0 fully saturated rings. The highest BCUT2D eigenvalue weighted by molar-refractivity contribution is 5.73. The van der Waals surface area contributed by atoms with Gasteiger partial charge in [0.1, 0.15) is 5.69 Å². The minimum atomic E-state index is 0.496. The maximum Gasteiger partial charge on any atom is 0.204 e. The highest BCUT2D eigenvalue weighted by atomic mass is 16.5. The molecule has 2 aromatic heterocycles. The topological polar surface area (TPSA) is 107 Å². The van der Waals surface area contributed by atoms with Gasteiger partial charge in [-0.25, -0.2) is 0 Å². The van der Waals surface area contributed by atoms with Crippen molar-refractivity contribution in [2.75, 3.05) is 5.73 Å². The van der Waals surface area contributed by atoms with Crippen LogP contribution in [0, 0.1) is 0 Å². The Balaban J connectivity index is 2.09. The summed E-state index contributed by atoms with van der Waals surface area (Å²) in [5.41, 5.74) is 7.88. The Bertz CT molecular complexity index is 630. The van der Waals surface area contributed by atoms with Crippen molar-refractivity contribution in [2.24, 2.45) is 0 Å². The Hall–Kier alpha value is -2.70. The Morgan fingerprint density at radius 1 is 1.24 bits per heavy atom. The van der Waals surface area contributed by atoms with Crippen molar-refractivity contribution in [3.05, 3.63) is 30.5 Å². The van der Waals surface area contributed by atoms with Crippen molar-refractivity contribution in [2.45, 2.75) is 0 Å². The Labute approximate surface area is 95.6 Å². The van der Waals surface area contributed by atoms with Gasteiger partial charge in [-0.2, -0.15) is 5.21 Å². The molecule has 3 aromatic rings. The zero-order chi connectivity index (χ0) is 11.7. The number of anilines is 1. The standard InChI is InChI=1S/C10H8N6O/c11-8-5-12-17-9(8)6-2-1-3-7(4-6)10-13-15-16-14-10/h1-5H,11H2,(H,13,14,15,16). The molecule has 0 radical (unpaired) electrons. The Morgan fingerprint density at radius 2 is 2.12 bits per heavy atom. The molecule has 0 saturated carbocycles. The summed E-state index contributed by atoms with van der Waals surface area (Å²) in [6.07, 6.45) is 1.47. The molecule has 0 saturated heterocycles. The van der Waals surface area contributed by atoms with Crippen LogP contribution in [0.2, 0.25) is 0 Å². The van der Waals surface area contributed by atoms with E-state index in [1.807, 2.05) is 24.3 Å². The second-order valence-corrected chi connectivity index (χ2v) is 3.43. The van der Waals surface area contributed by atoms with Crippen LogP contribution in [0.25, 0.3) is 22.7 Å². The van der Waals surface area contributed by atoms with E-state index in [4.69, 9.17) is 10.3 Å². The molecule has 3 rings (SSSR count). The molecule has 0 amide bonds. The molecule has 1 aromatic carbocycles. The number of aromatic amines is 1. The van der Waals surface area contributed by atoms with E-state index in [9.17, 15) is 0 Å². The number of nitrogens with two attached hydrogens (primary N) is 1. The minimum Gasteiger partial charge on any atom is -0.394 e. The van der Waals surface area contributed by atoms with Gasteiger partial charge in [0.25, 0.3) is 0 Å². The van der Waals surface area contributed by atoms with Crippen LogP contribution in [0.3, 0.4) is 0 Å². The van der Waals surface area contributed by atoms with Crippen molar-refractivity contribution in [1.82, 2.24) is 25.8 Å². The highest BCUT2D eigenvalue weighted by Gasteiger charge is 2.10. The number of benzene rings is 1.